The Balaban J connectivity index is 2.29. The van der Waals surface area contributed by atoms with Crippen molar-refractivity contribution in [3.63, 3.8) is 0 Å². The summed E-state index contributed by atoms with van der Waals surface area (Å²) in [5, 5.41) is 1.13. The fraction of sp³-hybridized carbons (Fsp3) is 0.333. The summed E-state index contributed by atoms with van der Waals surface area (Å²) in [5.74, 6) is 0.625. The predicted octanol–water partition coefficient (Wildman–Crippen LogP) is 2.86. The van der Waals surface area contributed by atoms with Crippen molar-refractivity contribution in [2.75, 3.05) is 20.6 Å². The Hall–Kier alpha value is -1.38. The number of H-pyrrole nitrogens is 1. The van der Waals surface area contributed by atoms with E-state index in [0.717, 1.165) is 23.9 Å². The third-order valence-electron chi connectivity index (χ3n) is 2.71. The number of hydrogen-bond acceptors (Lipinski definition) is 3. The van der Waals surface area contributed by atoms with E-state index in [4.69, 9.17) is 4.52 Å². The molecule has 0 radical (unpaired) electrons. The Labute approximate surface area is 102 Å². The highest BCUT2D eigenvalue weighted by molar-refractivity contribution is 7.17. The lowest BCUT2D eigenvalue weighted by Crippen LogP contribution is -2.14. The Morgan fingerprint density at radius 1 is 1.41 bits per heavy atom. The lowest BCUT2D eigenvalue weighted by molar-refractivity contribution is 0.414. The second-order valence-corrected chi connectivity index (χ2v) is 4.57. The highest BCUT2D eigenvalue weighted by Gasteiger charge is 2.05. The minimum Gasteiger partial charge on any atom is -0.408 e. The van der Waals surface area contributed by atoms with Crippen LogP contribution in [0.4, 0.5) is 0 Å². The highest BCUT2D eigenvalue weighted by Crippen LogP contribution is 2.25. The average molecular weight is 250 g/mol. The Morgan fingerprint density at radius 2 is 2.24 bits per heavy atom. The van der Waals surface area contributed by atoms with Crippen LogP contribution in [0.15, 0.2) is 24.4 Å². The number of fused-ring (bicyclic) bond motifs is 1. The molecule has 1 N–H and O–H groups in total. The van der Waals surface area contributed by atoms with Crippen LogP contribution in [-0.4, -0.2) is 30.5 Å². The molecule has 90 valence electrons. The molecule has 0 amide bonds. The van der Waals surface area contributed by atoms with Crippen LogP contribution in [0.3, 0.4) is 0 Å². The molecule has 0 aliphatic carbocycles. The van der Waals surface area contributed by atoms with Crippen molar-refractivity contribution in [1.82, 2.24) is 9.88 Å². The monoisotopic (exact) mass is 250 g/mol. The minimum absolute atomic E-state index is 0.319. The van der Waals surface area contributed by atoms with Gasteiger partial charge in [0, 0.05) is 23.6 Å². The van der Waals surface area contributed by atoms with Crippen LogP contribution in [0, 0.1) is 0 Å². The lowest BCUT2D eigenvalue weighted by atomic mass is 10.1. The van der Waals surface area contributed by atoms with Crippen molar-refractivity contribution < 1.29 is 9.09 Å². The molecule has 17 heavy (non-hydrogen) atoms. The van der Waals surface area contributed by atoms with Gasteiger partial charge in [-0.2, -0.15) is 0 Å². The van der Waals surface area contributed by atoms with Gasteiger partial charge < -0.3 is 14.4 Å². The lowest BCUT2D eigenvalue weighted by Gasteiger charge is -2.08. The first-order valence-electron chi connectivity index (χ1n) is 5.45. The molecule has 0 atom stereocenters. The summed E-state index contributed by atoms with van der Waals surface area (Å²) in [6.07, 6.45) is 3.00. The molecule has 0 spiro atoms. The van der Waals surface area contributed by atoms with Crippen molar-refractivity contribution in [3.05, 3.63) is 30.0 Å². The molecular formula is C12H15N2O2P. The zero-order valence-corrected chi connectivity index (χ0v) is 10.8. The van der Waals surface area contributed by atoms with Crippen LogP contribution in [0.2, 0.25) is 0 Å². The number of likely N-dealkylation sites (N-methyl/N-ethyl adjacent to an activating group) is 1. The third-order valence-corrected chi connectivity index (χ3v) is 3.00. The molecule has 0 unspecified atom stereocenters. The highest BCUT2D eigenvalue weighted by atomic mass is 31.1. The van der Waals surface area contributed by atoms with Crippen molar-refractivity contribution >= 4 is 19.6 Å². The average Bonchev–Trinajstić information content (AvgIpc) is 2.69. The molecule has 1 heterocycles. The van der Waals surface area contributed by atoms with Gasteiger partial charge in [-0.1, -0.05) is 0 Å². The fourth-order valence-electron chi connectivity index (χ4n) is 1.81. The van der Waals surface area contributed by atoms with Gasteiger partial charge in [0.25, 0.3) is 0 Å². The second-order valence-electron chi connectivity index (χ2n) is 4.24. The van der Waals surface area contributed by atoms with Crippen LogP contribution >= 0.6 is 8.69 Å². The van der Waals surface area contributed by atoms with E-state index in [-0.39, 0.29) is 8.69 Å². The number of hydrogen-bond donors (Lipinski definition) is 1. The summed E-state index contributed by atoms with van der Waals surface area (Å²) in [7, 11) is 3.79. The van der Waals surface area contributed by atoms with Gasteiger partial charge >= 0.3 is 8.69 Å². The third kappa shape index (κ3) is 2.84. The van der Waals surface area contributed by atoms with E-state index < -0.39 is 0 Å². The molecule has 2 aromatic rings. The SMILES string of the molecule is CN(C)CCc1c[nH]c2ccc(OP=O)cc12. The normalized spacial score (nSPS) is 11.5. The molecule has 1 aromatic carbocycles. The van der Waals surface area contributed by atoms with Crippen LogP contribution in [-0.2, 0) is 11.0 Å². The maximum atomic E-state index is 10.4. The van der Waals surface area contributed by atoms with Crippen LogP contribution in [0.5, 0.6) is 5.75 Å². The first-order valence-corrected chi connectivity index (χ1v) is 6.18. The smallest absolute Gasteiger partial charge is 0.395 e. The summed E-state index contributed by atoms with van der Waals surface area (Å²) in [4.78, 5) is 5.38. The number of aromatic amines is 1. The number of benzene rings is 1. The Kier molecular flexibility index (Phi) is 3.77. The summed E-state index contributed by atoms with van der Waals surface area (Å²) in [6.45, 7) is 0.998. The maximum Gasteiger partial charge on any atom is 0.395 e. The molecule has 0 bridgehead atoms. The predicted molar refractivity (Wildman–Crippen MR) is 68.8 cm³/mol. The largest absolute Gasteiger partial charge is 0.408 e. The quantitative estimate of drug-likeness (QED) is 0.830. The number of nitrogens with one attached hydrogen (secondary N) is 1. The molecule has 2 rings (SSSR count). The van der Waals surface area contributed by atoms with E-state index in [0.29, 0.717) is 5.75 Å². The summed E-state index contributed by atoms with van der Waals surface area (Å²) in [6, 6.07) is 5.66. The van der Waals surface area contributed by atoms with E-state index in [2.05, 4.69) is 24.0 Å². The van der Waals surface area contributed by atoms with E-state index in [9.17, 15) is 4.57 Å². The molecule has 0 aliphatic heterocycles. The van der Waals surface area contributed by atoms with Gasteiger partial charge in [0.2, 0.25) is 0 Å². The Morgan fingerprint density at radius 3 is 2.94 bits per heavy atom. The molecule has 0 aliphatic rings. The van der Waals surface area contributed by atoms with Gasteiger partial charge in [-0.25, -0.2) is 4.57 Å². The van der Waals surface area contributed by atoms with Gasteiger partial charge in [-0.05, 0) is 44.3 Å². The zero-order chi connectivity index (χ0) is 12.3. The second kappa shape index (κ2) is 5.30. The molecule has 0 saturated carbocycles. The number of rotatable bonds is 5. The summed E-state index contributed by atoms with van der Waals surface area (Å²) >= 11 is 0. The van der Waals surface area contributed by atoms with Gasteiger partial charge in [0.05, 0.1) is 0 Å². The fourth-order valence-corrected chi connectivity index (χ4v) is 2.01. The molecule has 4 nitrogen and oxygen atoms in total. The van der Waals surface area contributed by atoms with Gasteiger partial charge in [0.1, 0.15) is 5.75 Å². The Bertz CT molecular complexity index is 522. The summed E-state index contributed by atoms with van der Waals surface area (Å²) < 4.78 is 15.4. The van der Waals surface area contributed by atoms with Crippen molar-refractivity contribution in [2.45, 2.75) is 6.42 Å². The first kappa shape index (κ1) is 12.1. The van der Waals surface area contributed by atoms with Crippen LogP contribution in [0.1, 0.15) is 5.56 Å². The van der Waals surface area contributed by atoms with Gasteiger partial charge in [-0.3, -0.25) is 0 Å². The standard InChI is InChI=1S/C12H15N2O2P/c1-14(2)6-5-9-8-13-12-4-3-10(16-17-15)7-11(9)12/h3-4,7-8,13H,5-6H2,1-2H3. The van der Waals surface area contributed by atoms with E-state index in [1.807, 2.05) is 18.3 Å². The van der Waals surface area contributed by atoms with Crippen LogP contribution in [0.25, 0.3) is 10.9 Å². The number of aromatic nitrogens is 1. The topological polar surface area (TPSA) is 45.3 Å². The molecule has 0 fully saturated rings. The molecular weight excluding hydrogens is 235 g/mol. The van der Waals surface area contributed by atoms with E-state index in [1.165, 1.54) is 5.56 Å². The molecule has 1 aromatic heterocycles. The minimum atomic E-state index is -0.319. The molecule has 0 saturated heterocycles. The number of nitrogens with zero attached hydrogens (tertiary/aromatic N) is 1. The van der Waals surface area contributed by atoms with Gasteiger partial charge in [-0.15, -0.1) is 0 Å². The maximum absolute atomic E-state index is 10.4. The van der Waals surface area contributed by atoms with Crippen molar-refractivity contribution in [1.29, 1.82) is 0 Å². The van der Waals surface area contributed by atoms with E-state index >= 15 is 0 Å². The zero-order valence-electron chi connectivity index (χ0n) is 9.93. The van der Waals surface area contributed by atoms with Crippen LogP contribution < -0.4 is 4.52 Å². The first-order chi connectivity index (χ1) is 8.20. The molecule has 5 heteroatoms. The summed E-state index contributed by atoms with van der Waals surface area (Å²) in [5.41, 5.74) is 2.33. The van der Waals surface area contributed by atoms with Crippen molar-refractivity contribution in [2.24, 2.45) is 0 Å². The van der Waals surface area contributed by atoms with Crippen molar-refractivity contribution in [3.8, 4) is 5.75 Å². The van der Waals surface area contributed by atoms with E-state index in [1.54, 1.807) is 6.07 Å². The van der Waals surface area contributed by atoms with Gasteiger partial charge in [0.15, 0.2) is 0 Å².